The van der Waals surface area contributed by atoms with Gasteiger partial charge in [-0.05, 0) is 19.1 Å². The van der Waals surface area contributed by atoms with Crippen LogP contribution < -0.4 is 5.32 Å². The molecule has 0 aliphatic heterocycles. The normalized spacial score (nSPS) is 13.0. The quantitative estimate of drug-likeness (QED) is 0.878. The lowest BCUT2D eigenvalue weighted by molar-refractivity contribution is -0.156. The minimum Gasteiger partial charge on any atom is -0.336 e. The average molecular weight is 333 g/mol. The van der Waals surface area contributed by atoms with E-state index in [0.29, 0.717) is 17.8 Å². The highest BCUT2D eigenvalue weighted by molar-refractivity contribution is 5.95. The molecule has 0 saturated carbocycles. The third-order valence-electron chi connectivity index (χ3n) is 3.37. The maximum absolute atomic E-state index is 13.7. The number of carbonyl (C=O) groups excluding carboxylic acids is 1. The van der Waals surface area contributed by atoms with E-state index in [2.05, 4.69) is 5.10 Å². The molecule has 4 nitrogen and oxygen atoms in total. The molecular formula is C14H12F5N3O. The molecule has 0 aliphatic rings. The number of benzene rings is 1. The largest absolute Gasteiger partial charge is 0.413 e. The second-order valence-electron chi connectivity index (χ2n) is 4.85. The van der Waals surface area contributed by atoms with Gasteiger partial charge in [-0.3, -0.25) is 9.48 Å². The van der Waals surface area contributed by atoms with Crippen LogP contribution >= 0.6 is 0 Å². The summed E-state index contributed by atoms with van der Waals surface area (Å²) < 4.78 is 68.1. The van der Waals surface area contributed by atoms with Gasteiger partial charge in [-0.2, -0.15) is 18.3 Å². The Balaban J connectivity index is 2.42. The van der Waals surface area contributed by atoms with Crippen molar-refractivity contribution in [2.45, 2.75) is 19.1 Å². The SMILES string of the molecule is Cc1c(C(=O)NC(c2c(F)cccc2F)C(F)(F)F)cnn1C. The van der Waals surface area contributed by atoms with E-state index in [1.165, 1.54) is 18.7 Å². The number of amides is 1. The second kappa shape index (κ2) is 5.98. The summed E-state index contributed by atoms with van der Waals surface area (Å²) >= 11 is 0. The van der Waals surface area contributed by atoms with Crippen molar-refractivity contribution in [2.75, 3.05) is 0 Å². The van der Waals surface area contributed by atoms with Gasteiger partial charge in [0, 0.05) is 12.7 Å². The molecule has 0 saturated heterocycles. The van der Waals surface area contributed by atoms with Gasteiger partial charge in [0.2, 0.25) is 0 Å². The van der Waals surface area contributed by atoms with Crippen molar-refractivity contribution in [3.63, 3.8) is 0 Å². The van der Waals surface area contributed by atoms with E-state index in [-0.39, 0.29) is 5.56 Å². The smallest absolute Gasteiger partial charge is 0.336 e. The van der Waals surface area contributed by atoms with Crippen LogP contribution in [0, 0.1) is 18.6 Å². The number of nitrogens with zero attached hydrogens (tertiary/aromatic N) is 2. The third kappa shape index (κ3) is 3.33. The van der Waals surface area contributed by atoms with Crippen molar-refractivity contribution in [1.82, 2.24) is 15.1 Å². The number of aromatic nitrogens is 2. The number of rotatable bonds is 3. The molecule has 1 aromatic heterocycles. The van der Waals surface area contributed by atoms with E-state index in [4.69, 9.17) is 0 Å². The fourth-order valence-corrected chi connectivity index (χ4v) is 2.03. The number of hydrogen-bond donors (Lipinski definition) is 1. The average Bonchev–Trinajstić information content (AvgIpc) is 2.76. The molecule has 9 heteroatoms. The lowest BCUT2D eigenvalue weighted by Crippen LogP contribution is -2.39. The Kier molecular flexibility index (Phi) is 4.39. The first-order valence-electron chi connectivity index (χ1n) is 6.43. The number of aryl methyl sites for hydroxylation is 1. The van der Waals surface area contributed by atoms with Crippen molar-refractivity contribution in [3.8, 4) is 0 Å². The van der Waals surface area contributed by atoms with Gasteiger partial charge in [-0.15, -0.1) is 0 Å². The zero-order valence-electron chi connectivity index (χ0n) is 12.1. The summed E-state index contributed by atoms with van der Waals surface area (Å²) in [6.07, 6.45) is -4.00. The Morgan fingerprint density at radius 2 is 1.83 bits per heavy atom. The fourth-order valence-electron chi connectivity index (χ4n) is 2.03. The van der Waals surface area contributed by atoms with Gasteiger partial charge in [0.05, 0.1) is 17.3 Å². The van der Waals surface area contributed by atoms with Gasteiger partial charge in [-0.25, -0.2) is 8.78 Å². The number of carbonyl (C=O) groups is 1. The van der Waals surface area contributed by atoms with E-state index in [1.54, 1.807) is 5.32 Å². The maximum Gasteiger partial charge on any atom is 0.413 e. The lowest BCUT2D eigenvalue weighted by Gasteiger charge is -2.22. The summed E-state index contributed by atoms with van der Waals surface area (Å²) in [4.78, 5) is 12.0. The zero-order valence-corrected chi connectivity index (χ0v) is 12.1. The first kappa shape index (κ1) is 16.9. The Morgan fingerprint density at radius 3 is 2.26 bits per heavy atom. The van der Waals surface area contributed by atoms with Crippen LogP contribution in [0.5, 0.6) is 0 Å². The van der Waals surface area contributed by atoms with Crippen LogP contribution in [0.25, 0.3) is 0 Å². The number of nitrogens with one attached hydrogen (secondary N) is 1. The zero-order chi connectivity index (χ0) is 17.4. The predicted octanol–water partition coefficient (Wildman–Crippen LogP) is 3.04. The molecule has 0 radical (unpaired) electrons. The van der Waals surface area contributed by atoms with E-state index < -0.39 is 35.3 Å². The highest BCUT2D eigenvalue weighted by Gasteiger charge is 2.45. The minimum atomic E-state index is -5.07. The molecule has 1 unspecified atom stereocenters. The Morgan fingerprint density at radius 1 is 1.26 bits per heavy atom. The minimum absolute atomic E-state index is 0.113. The molecule has 1 aromatic carbocycles. The number of hydrogen-bond acceptors (Lipinski definition) is 2. The molecule has 23 heavy (non-hydrogen) atoms. The van der Waals surface area contributed by atoms with Crippen molar-refractivity contribution in [1.29, 1.82) is 0 Å². The summed E-state index contributed by atoms with van der Waals surface area (Å²) in [6.45, 7) is 1.48. The van der Waals surface area contributed by atoms with Crippen molar-refractivity contribution < 1.29 is 26.7 Å². The van der Waals surface area contributed by atoms with Gasteiger partial charge >= 0.3 is 6.18 Å². The van der Waals surface area contributed by atoms with Crippen LogP contribution in [-0.4, -0.2) is 21.9 Å². The number of halogens is 5. The van der Waals surface area contributed by atoms with Gasteiger partial charge in [0.25, 0.3) is 5.91 Å². The first-order valence-corrected chi connectivity index (χ1v) is 6.43. The van der Waals surface area contributed by atoms with Crippen LogP contribution in [0.1, 0.15) is 27.7 Å². The lowest BCUT2D eigenvalue weighted by atomic mass is 10.0. The molecule has 1 N–H and O–H groups in total. The Hall–Kier alpha value is -2.45. The summed E-state index contributed by atoms with van der Waals surface area (Å²) in [7, 11) is 1.50. The van der Waals surface area contributed by atoms with E-state index in [0.717, 1.165) is 12.3 Å². The summed E-state index contributed by atoms with van der Waals surface area (Å²) in [6, 6.07) is -0.484. The fraction of sp³-hybridized carbons (Fsp3) is 0.286. The van der Waals surface area contributed by atoms with Gasteiger partial charge in [0.15, 0.2) is 6.04 Å². The van der Waals surface area contributed by atoms with Gasteiger partial charge in [0.1, 0.15) is 11.6 Å². The third-order valence-corrected chi connectivity index (χ3v) is 3.37. The highest BCUT2D eigenvalue weighted by Crippen LogP contribution is 2.35. The molecule has 0 bridgehead atoms. The molecule has 1 amide bonds. The molecule has 124 valence electrons. The van der Waals surface area contributed by atoms with Crippen LogP contribution in [0.2, 0.25) is 0 Å². The first-order chi connectivity index (χ1) is 10.6. The van der Waals surface area contributed by atoms with Crippen LogP contribution in [0.15, 0.2) is 24.4 Å². The van der Waals surface area contributed by atoms with Crippen molar-refractivity contribution in [2.24, 2.45) is 7.05 Å². The van der Waals surface area contributed by atoms with Crippen molar-refractivity contribution in [3.05, 3.63) is 52.9 Å². The molecule has 1 atom stereocenters. The second-order valence-corrected chi connectivity index (χ2v) is 4.85. The predicted molar refractivity (Wildman–Crippen MR) is 70.6 cm³/mol. The molecular weight excluding hydrogens is 321 g/mol. The monoisotopic (exact) mass is 333 g/mol. The van der Waals surface area contributed by atoms with Crippen LogP contribution in [0.4, 0.5) is 22.0 Å². The summed E-state index contributed by atoms with van der Waals surface area (Å²) in [5, 5.41) is 5.37. The number of alkyl halides is 3. The van der Waals surface area contributed by atoms with Crippen LogP contribution in [-0.2, 0) is 7.05 Å². The maximum atomic E-state index is 13.7. The van der Waals surface area contributed by atoms with Crippen LogP contribution in [0.3, 0.4) is 0 Å². The molecule has 0 spiro atoms. The standard InChI is InChI=1S/C14H12F5N3O/c1-7-8(6-20-22(7)2)13(23)21-12(14(17,18)19)11-9(15)4-3-5-10(11)16/h3-6,12H,1-2H3,(H,21,23). The van der Waals surface area contributed by atoms with E-state index >= 15 is 0 Å². The van der Waals surface area contributed by atoms with Crippen molar-refractivity contribution >= 4 is 5.91 Å². The van der Waals surface area contributed by atoms with Gasteiger partial charge < -0.3 is 5.32 Å². The molecule has 0 fully saturated rings. The Bertz CT molecular complexity index is 718. The van der Waals surface area contributed by atoms with E-state index in [9.17, 15) is 26.7 Å². The topological polar surface area (TPSA) is 46.9 Å². The molecule has 2 aromatic rings. The summed E-state index contributed by atoms with van der Waals surface area (Å²) in [5.41, 5.74) is -1.05. The molecule has 0 aliphatic carbocycles. The van der Waals surface area contributed by atoms with E-state index in [1.807, 2.05) is 0 Å². The molecule has 2 rings (SSSR count). The van der Waals surface area contributed by atoms with Gasteiger partial charge in [-0.1, -0.05) is 6.07 Å². The Labute approximate surface area is 127 Å². The highest BCUT2D eigenvalue weighted by atomic mass is 19.4. The molecule has 1 heterocycles. The summed E-state index contributed by atoms with van der Waals surface area (Å²) in [5.74, 6) is -3.91.